The Hall–Kier alpha value is -2.35. The zero-order chi connectivity index (χ0) is 18.8. The number of thioether (sulfide) groups is 1. The van der Waals surface area contributed by atoms with Crippen LogP contribution in [0.15, 0.2) is 55.8 Å². The fraction of sp³-hybridized carbons (Fsp3) is 0.389. The quantitative estimate of drug-likeness (QED) is 0.634. The predicted octanol–water partition coefficient (Wildman–Crippen LogP) is 2.64. The Labute approximate surface area is 154 Å². The topological polar surface area (TPSA) is 68.4 Å². The molecule has 2 heterocycles. The van der Waals surface area contributed by atoms with Crippen LogP contribution in [0.1, 0.15) is 13.8 Å². The summed E-state index contributed by atoms with van der Waals surface area (Å²) in [6.07, 6.45) is 6.51. The molecular weight excluding hydrogens is 355 g/mol. The molecule has 2 aliphatic rings. The molecule has 0 radical (unpaired) electrons. The molecule has 0 aromatic carbocycles. The molecule has 1 aliphatic heterocycles. The zero-order valence-electron chi connectivity index (χ0n) is 14.8. The Kier molecular flexibility index (Phi) is 5.31. The van der Waals surface area contributed by atoms with Crippen molar-refractivity contribution in [2.24, 2.45) is 24.0 Å². The van der Waals surface area contributed by atoms with Gasteiger partial charge in [-0.05, 0) is 29.1 Å². The van der Waals surface area contributed by atoms with Crippen LogP contribution in [0.5, 0.6) is 0 Å². The smallest absolute Gasteiger partial charge is 0.278 e. The maximum Gasteiger partial charge on any atom is 0.332 e. The summed E-state index contributed by atoms with van der Waals surface area (Å²) in [6.45, 7) is 4.44. The number of aromatic nitrogens is 2. The molecule has 1 aromatic rings. The molecule has 3 rings (SSSR count). The van der Waals surface area contributed by atoms with Crippen molar-refractivity contribution in [1.82, 2.24) is 9.13 Å². The molecule has 1 aromatic heterocycles. The Morgan fingerprint density at radius 1 is 1.42 bits per heavy atom. The second-order valence-corrected chi connectivity index (χ2v) is 7.79. The normalized spacial score (nSPS) is 21.9. The average molecular weight is 376 g/mol. The van der Waals surface area contributed by atoms with Crippen LogP contribution >= 0.6 is 11.8 Å². The molecule has 1 aliphatic carbocycles. The highest BCUT2D eigenvalue weighted by Gasteiger charge is 2.28. The number of hydrogen-bond acceptors (Lipinski definition) is 5. The van der Waals surface area contributed by atoms with Gasteiger partial charge < -0.3 is 0 Å². The number of hydrogen-bond donors (Lipinski definition) is 1. The van der Waals surface area contributed by atoms with Crippen molar-refractivity contribution >= 4 is 23.8 Å². The van der Waals surface area contributed by atoms with Crippen LogP contribution in [0, 0.1) is 11.8 Å². The Balaban J connectivity index is 1.82. The van der Waals surface area contributed by atoms with Crippen LogP contribution in [-0.4, -0.2) is 20.6 Å². The van der Waals surface area contributed by atoms with Gasteiger partial charge in [0.1, 0.15) is 11.6 Å². The van der Waals surface area contributed by atoms with Crippen LogP contribution in [-0.2, 0) is 13.6 Å². The first kappa shape index (κ1) is 18.4. The van der Waals surface area contributed by atoms with Crippen molar-refractivity contribution in [3.05, 3.63) is 61.9 Å². The number of nitrogens with zero attached hydrogens (tertiary/aromatic N) is 3. The highest BCUT2D eigenvalue weighted by atomic mass is 32.2. The third-order valence-corrected chi connectivity index (χ3v) is 5.40. The van der Waals surface area contributed by atoms with E-state index in [2.05, 4.69) is 10.5 Å². The van der Waals surface area contributed by atoms with E-state index >= 15 is 0 Å². The number of allylic oxidation sites excluding steroid dienone is 4. The maximum absolute atomic E-state index is 13.5. The summed E-state index contributed by atoms with van der Waals surface area (Å²) in [5, 5.41) is 6.31. The van der Waals surface area contributed by atoms with Gasteiger partial charge in [-0.1, -0.05) is 19.9 Å². The first-order valence-electron chi connectivity index (χ1n) is 8.38. The summed E-state index contributed by atoms with van der Waals surface area (Å²) in [7, 11) is 1.45. The highest BCUT2D eigenvalue weighted by Crippen LogP contribution is 2.39. The van der Waals surface area contributed by atoms with Crippen molar-refractivity contribution in [1.29, 1.82) is 0 Å². The van der Waals surface area contributed by atoms with Gasteiger partial charge in [-0.15, -0.1) is 11.8 Å². The SMILES string of the molecule is CC(C)Cn1c(NN=CC2=CSC3C=CC(F)=CC23)cc(=O)n(C)c1=O. The van der Waals surface area contributed by atoms with Crippen molar-refractivity contribution in [2.75, 3.05) is 5.43 Å². The minimum atomic E-state index is -0.397. The number of halogens is 1. The van der Waals surface area contributed by atoms with E-state index in [0.29, 0.717) is 12.4 Å². The minimum Gasteiger partial charge on any atom is -0.278 e. The molecule has 8 heteroatoms. The van der Waals surface area contributed by atoms with Gasteiger partial charge in [0.05, 0.1) is 6.21 Å². The van der Waals surface area contributed by atoms with Crippen LogP contribution in [0.4, 0.5) is 10.2 Å². The molecule has 1 N–H and O–H groups in total. The molecule has 2 unspecified atom stereocenters. The van der Waals surface area contributed by atoms with E-state index in [0.717, 1.165) is 10.1 Å². The van der Waals surface area contributed by atoms with Crippen LogP contribution in [0.25, 0.3) is 0 Å². The molecule has 6 nitrogen and oxygen atoms in total. The molecule has 138 valence electrons. The number of anilines is 1. The van der Waals surface area contributed by atoms with Gasteiger partial charge in [-0.2, -0.15) is 5.10 Å². The van der Waals surface area contributed by atoms with Gasteiger partial charge in [0.2, 0.25) is 0 Å². The van der Waals surface area contributed by atoms with E-state index in [1.165, 1.54) is 23.8 Å². The largest absolute Gasteiger partial charge is 0.332 e. The van der Waals surface area contributed by atoms with E-state index < -0.39 is 5.56 Å². The Bertz CT molecular complexity index is 939. The monoisotopic (exact) mass is 376 g/mol. The molecule has 0 saturated heterocycles. The van der Waals surface area contributed by atoms with E-state index in [4.69, 9.17) is 0 Å². The molecule has 0 bridgehead atoms. The fourth-order valence-corrected chi connectivity index (χ4v) is 3.98. The van der Waals surface area contributed by atoms with Crippen molar-refractivity contribution in [3.63, 3.8) is 0 Å². The molecule has 26 heavy (non-hydrogen) atoms. The lowest BCUT2D eigenvalue weighted by Crippen LogP contribution is -2.39. The second kappa shape index (κ2) is 7.49. The molecular formula is C18H21FN4O2S. The number of fused-ring (bicyclic) bond motifs is 1. The summed E-state index contributed by atoms with van der Waals surface area (Å²) >= 11 is 1.61. The van der Waals surface area contributed by atoms with Gasteiger partial charge >= 0.3 is 5.69 Å². The van der Waals surface area contributed by atoms with Gasteiger partial charge in [-0.25, -0.2) is 9.18 Å². The summed E-state index contributed by atoms with van der Waals surface area (Å²) in [5.74, 6) is 0.262. The highest BCUT2D eigenvalue weighted by molar-refractivity contribution is 8.03. The minimum absolute atomic E-state index is 0.0583. The van der Waals surface area contributed by atoms with Crippen LogP contribution < -0.4 is 16.7 Å². The standard InChI is InChI=1S/C18H21FN4O2S/c1-11(2)9-23-16(7-17(24)22(3)18(23)25)21-20-8-12-10-26-15-5-4-13(19)6-14(12)15/h4-8,10-11,14-15,21H,9H2,1-3H3. The van der Waals surface area contributed by atoms with Gasteiger partial charge in [0.25, 0.3) is 5.56 Å². The van der Waals surface area contributed by atoms with Crippen LogP contribution in [0.3, 0.4) is 0 Å². The lowest BCUT2D eigenvalue weighted by molar-refractivity contribution is 0.492. The summed E-state index contributed by atoms with van der Waals surface area (Å²) in [6, 6.07) is 1.35. The predicted molar refractivity (Wildman–Crippen MR) is 104 cm³/mol. The number of rotatable bonds is 5. The second-order valence-electron chi connectivity index (χ2n) is 6.74. The molecule has 0 saturated carbocycles. The summed E-state index contributed by atoms with van der Waals surface area (Å²) < 4.78 is 16.0. The Morgan fingerprint density at radius 2 is 2.19 bits per heavy atom. The van der Waals surface area contributed by atoms with E-state index in [1.54, 1.807) is 24.1 Å². The van der Waals surface area contributed by atoms with Crippen molar-refractivity contribution < 1.29 is 4.39 Å². The van der Waals surface area contributed by atoms with Crippen LogP contribution in [0.2, 0.25) is 0 Å². The molecule has 0 spiro atoms. The third kappa shape index (κ3) is 3.75. The van der Waals surface area contributed by atoms with Gasteiger partial charge in [-0.3, -0.25) is 19.4 Å². The van der Waals surface area contributed by atoms with E-state index in [1.807, 2.05) is 25.3 Å². The number of hydrazone groups is 1. The summed E-state index contributed by atoms with van der Waals surface area (Å²) in [4.78, 5) is 24.3. The lowest BCUT2D eigenvalue weighted by Gasteiger charge is -2.17. The van der Waals surface area contributed by atoms with Crippen molar-refractivity contribution in [2.45, 2.75) is 25.6 Å². The first-order chi connectivity index (χ1) is 12.4. The van der Waals surface area contributed by atoms with Crippen molar-refractivity contribution in [3.8, 4) is 0 Å². The van der Waals surface area contributed by atoms with E-state index in [-0.39, 0.29) is 28.6 Å². The average Bonchev–Trinajstić information content (AvgIpc) is 2.98. The van der Waals surface area contributed by atoms with Gasteiger partial charge in [0.15, 0.2) is 0 Å². The zero-order valence-corrected chi connectivity index (χ0v) is 15.7. The lowest BCUT2D eigenvalue weighted by atomic mass is 9.93. The van der Waals surface area contributed by atoms with Gasteiger partial charge in [0, 0.05) is 30.8 Å². The fourth-order valence-electron chi connectivity index (χ4n) is 2.87. The van der Waals surface area contributed by atoms with E-state index in [9.17, 15) is 14.0 Å². The molecule has 2 atom stereocenters. The molecule has 0 fully saturated rings. The summed E-state index contributed by atoms with van der Waals surface area (Å²) in [5.41, 5.74) is 2.90. The Morgan fingerprint density at radius 3 is 2.92 bits per heavy atom. The third-order valence-electron chi connectivity index (χ3n) is 4.22. The first-order valence-corrected chi connectivity index (χ1v) is 9.32. The maximum atomic E-state index is 13.5. The molecule has 0 amide bonds. The number of nitrogens with one attached hydrogen (secondary N) is 1.